The zero-order valence-corrected chi connectivity index (χ0v) is 16.6. The van der Waals surface area contributed by atoms with Gasteiger partial charge in [0.15, 0.2) is 0 Å². The zero-order valence-electron chi connectivity index (χ0n) is 16.6. The Morgan fingerprint density at radius 2 is 1.79 bits per heavy atom. The summed E-state index contributed by atoms with van der Waals surface area (Å²) in [4.78, 5) is 13.7. The molecule has 5 nitrogen and oxygen atoms in total. The second-order valence-electron chi connectivity index (χ2n) is 6.91. The monoisotopic (exact) mass is 385 g/mol. The van der Waals surface area contributed by atoms with Crippen molar-refractivity contribution >= 4 is 5.97 Å². The van der Waals surface area contributed by atoms with Gasteiger partial charge in [0, 0.05) is 19.6 Å². The normalized spacial score (nSPS) is 12.1. The van der Waals surface area contributed by atoms with Gasteiger partial charge in [-0.3, -0.25) is 4.90 Å². The van der Waals surface area contributed by atoms with Crippen LogP contribution in [0, 0.1) is 0 Å². The number of ether oxygens (including phenoxy) is 1. The molecule has 0 amide bonds. The number of hydrogen-bond donors (Lipinski definition) is 2. The first-order valence-corrected chi connectivity index (χ1v) is 9.93. The fourth-order valence-electron chi connectivity index (χ4n) is 3.17. The largest absolute Gasteiger partial charge is 0.462 e. The highest BCUT2D eigenvalue weighted by Gasteiger charge is 2.12. The Kier molecular flexibility index (Phi) is 9.69. The summed E-state index contributed by atoms with van der Waals surface area (Å²) in [5, 5.41) is 19.7. The molecule has 0 bridgehead atoms. The lowest BCUT2D eigenvalue weighted by atomic mass is 10.0. The van der Waals surface area contributed by atoms with Crippen LogP contribution in [0.2, 0.25) is 0 Å². The molecule has 0 saturated carbocycles. The van der Waals surface area contributed by atoms with E-state index in [0.29, 0.717) is 38.2 Å². The van der Waals surface area contributed by atoms with Crippen LogP contribution in [0.15, 0.2) is 54.6 Å². The van der Waals surface area contributed by atoms with Gasteiger partial charge in [-0.15, -0.1) is 0 Å². The van der Waals surface area contributed by atoms with Gasteiger partial charge < -0.3 is 14.9 Å². The smallest absolute Gasteiger partial charge is 0.338 e. The first-order valence-electron chi connectivity index (χ1n) is 9.93. The van der Waals surface area contributed by atoms with Crippen LogP contribution in [0.3, 0.4) is 0 Å². The minimum Gasteiger partial charge on any atom is -0.462 e. The average molecular weight is 386 g/mol. The molecule has 5 heteroatoms. The average Bonchev–Trinajstić information content (AvgIpc) is 2.69. The summed E-state index contributed by atoms with van der Waals surface area (Å²) in [6, 6.07) is 17.5. The van der Waals surface area contributed by atoms with Gasteiger partial charge in [0.25, 0.3) is 0 Å². The Morgan fingerprint density at radius 1 is 1.07 bits per heavy atom. The number of hydrogen-bond acceptors (Lipinski definition) is 5. The van der Waals surface area contributed by atoms with E-state index in [-0.39, 0.29) is 12.6 Å². The third kappa shape index (κ3) is 7.80. The lowest BCUT2D eigenvalue weighted by molar-refractivity contribution is 0.0526. The number of aliphatic hydroxyl groups excluding tert-OH is 2. The maximum Gasteiger partial charge on any atom is 0.338 e. The molecule has 0 saturated heterocycles. The summed E-state index contributed by atoms with van der Waals surface area (Å²) >= 11 is 0. The van der Waals surface area contributed by atoms with Crippen LogP contribution in [0.25, 0.3) is 0 Å². The molecule has 28 heavy (non-hydrogen) atoms. The van der Waals surface area contributed by atoms with Gasteiger partial charge in [-0.25, -0.2) is 4.79 Å². The van der Waals surface area contributed by atoms with Gasteiger partial charge in [-0.1, -0.05) is 42.5 Å². The van der Waals surface area contributed by atoms with Gasteiger partial charge in [0.05, 0.1) is 24.9 Å². The molecule has 0 heterocycles. The molecule has 1 atom stereocenters. The van der Waals surface area contributed by atoms with Crippen molar-refractivity contribution in [3.05, 3.63) is 71.3 Å². The lowest BCUT2D eigenvalue weighted by Gasteiger charge is -2.24. The molecule has 2 aromatic rings. The van der Waals surface area contributed by atoms with Crippen molar-refractivity contribution in [2.75, 3.05) is 26.3 Å². The molecule has 0 aromatic heterocycles. The third-order valence-corrected chi connectivity index (χ3v) is 4.60. The Bertz CT molecular complexity index is 688. The molecule has 0 radical (unpaired) electrons. The van der Waals surface area contributed by atoms with E-state index in [2.05, 4.69) is 17.0 Å². The van der Waals surface area contributed by atoms with Crippen molar-refractivity contribution in [1.82, 2.24) is 4.90 Å². The number of nitrogens with zero attached hydrogens (tertiary/aromatic N) is 1. The van der Waals surface area contributed by atoms with Crippen LogP contribution in [0.1, 0.15) is 41.3 Å². The maximum atomic E-state index is 11.7. The topological polar surface area (TPSA) is 70.0 Å². The summed E-state index contributed by atoms with van der Waals surface area (Å²) in [5.41, 5.74) is 2.87. The van der Waals surface area contributed by atoms with Crippen molar-refractivity contribution in [2.45, 2.75) is 38.8 Å². The van der Waals surface area contributed by atoms with Crippen LogP contribution in [-0.4, -0.2) is 53.5 Å². The molecule has 0 aliphatic rings. The number of carbonyl (C=O) groups excluding carboxylic acids is 1. The first-order chi connectivity index (χ1) is 13.6. The fourth-order valence-corrected chi connectivity index (χ4v) is 3.17. The first kappa shape index (κ1) is 22.1. The van der Waals surface area contributed by atoms with Crippen LogP contribution in [-0.2, 0) is 17.7 Å². The Morgan fingerprint density at radius 3 is 2.43 bits per heavy atom. The Labute approximate surface area is 167 Å². The summed E-state index contributed by atoms with van der Waals surface area (Å²) in [5.74, 6) is -0.299. The van der Waals surface area contributed by atoms with Crippen LogP contribution < -0.4 is 0 Å². The molecule has 2 N–H and O–H groups in total. The number of esters is 1. The van der Waals surface area contributed by atoms with Gasteiger partial charge in [-0.2, -0.15) is 0 Å². The number of benzene rings is 2. The lowest BCUT2D eigenvalue weighted by Crippen LogP contribution is -2.34. The van der Waals surface area contributed by atoms with E-state index < -0.39 is 6.10 Å². The van der Waals surface area contributed by atoms with Crippen LogP contribution in [0.4, 0.5) is 0 Å². The van der Waals surface area contributed by atoms with E-state index in [4.69, 9.17) is 4.74 Å². The van der Waals surface area contributed by atoms with Crippen molar-refractivity contribution in [2.24, 2.45) is 0 Å². The predicted molar refractivity (Wildman–Crippen MR) is 110 cm³/mol. The summed E-state index contributed by atoms with van der Waals surface area (Å²) in [7, 11) is 0. The summed E-state index contributed by atoms with van der Waals surface area (Å²) in [6.07, 6.45) is 1.96. The quantitative estimate of drug-likeness (QED) is 0.550. The molecule has 0 aliphatic heterocycles. The number of aryl methyl sites for hydroxylation is 1. The minimum absolute atomic E-state index is 0.0758. The molecule has 2 aromatic carbocycles. The van der Waals surface area contributed by atoms with Gasteiger partial charge in [0.1, 0.15) is 0 Å². The molecule has 2 rings (SSSR count). The summed E-state index contributed by atoms with van der Waals surface area (Å²) < 4.78 is 4.99. The molecular weight excluding hydrogens is 354 g/mol. The fraction of sp³-hybridized carbons (Fsp3) is 0.435. The minimum atomic E-state index is -0.436. The standard InChI is InChI=1S/C23H31NO4/c1-2-28-23(27)21-13-11-19(12-14-21)9-6-10-22(26)18-24(15-16-25)17-20-7-4-3-5-8-20/h3-5,7-8,11-14,22,25-26H,2,6,9-10,15-18H2,1H3. The highest BCUT2D eigenvalue weighted by atomic mass is 16.5. The molecule has 0 aliphatic carbocycles. The molecular formula is C23H31NO4. The Hall–Kier alpha value is -2.21. The molecule has 1 unspecified atom stereocenters. The van der Waals surface area contributed by atoms with E-state index in [1.165, 1.54) is 5.56 Å². The van der Waals surface area contributed by atoms with Crippen molar-refractivity contribution < 1.29 is 19.7 Å². The Balaban J connectivity index is 1.76. The van der Waals surface area contributed by atoms with Crippen LogP contribution >= 0.6 is 0 Å². The van der Waals surface area contributed by atoms with Crippen molar-refractivity contribution in [1.29, 1.82) is 0 Å². The van der Waals surface area contributed by atoms with Crippen molar-refractivity contribution in [3.8, 4) is 0 Å². The second-order valence-corrected chi connectivity index (χ2v) is 6.91. The van der Waals surface area contributed by atoms with E-state index >= 15 is 0 Å². The van der Waals surface area contributed by atoms with Gasteiger partial charge in [0.2, 0.25) is 0 Å². The van der Waals surface area contributed by atoms with Gasteiger partial charge >= 0.3 is 5.97 Å². The predicted octanol–water partition coefficient (Wildman–Crippen LogP) is 3.04. The highest BCUT2D eigenvalue weighted by Crippen LogP contribution is 2.12. The van der Waals surface area contributed by atoms with E-state index in [9.17, 15) is 15.0 Å². The number of carbonyl (C=O) groups is 1. The molecule has 152 valence electrons. The number of rotatable bonds is 12. The summed E-state index contributed by atoms with van der Waals surface area (Å²) in [6.45, 7) is 4.04. The molecule has 0 fully saturated rings. The van der Waals surface area contributed by atoms with Crippen LogP contribution in [0.5, 0.6) is 0 Å². The highest BCUT2D eigenvalue weighted by molar-refractivity contribution is 5.89. The SMILES string of the molecule is CCOC(=O)c1ccc(CCCC(O)CN(CCO)Cc2ccccc2)cc1. The van der Waals surface area contributed by atoms with E-state index in [0.717, 1.165) is 18.4 Å². The molecule has 0 spiro atoms. The van der Waals surface area contributed by atoms with E-state index in [1.807, 2.05) is 30.3 Å². The van der Waals surface area contributed by atoms with E-state index in [1.54, 1.807) is 19.1 Å². The van der Waals surface area contributed by atoms with Gasteiger partial charge in [-0.05, 0) is 49.4 Å². The zero-order chi connectivity index (χ0) is 20.2. The van der Waals surface area contributed by atoms with Crippen molar-refractivity contribution in [3.63, 3.8) is 0 Å². The third-order valence-electron chi connectivity index (χ3n) is 4.60. The second kappa shape index (κ2) is 12.3. The number of aliphatic hydroxyl groups is 2. The maximum absolute atomic E-state index is 11.7.